The lowest BCUT2D eigenvalue weighted by molar-refractivity contribution is -0.384. The van der Waals surface area contributed by atoms with Gasteiger partial charge in [0.05, 0.1) is 18.0 Å². The zero-order valence-electron chi connectivity index (χ0n) is 18.7. The number of non-ortho nitro benzene ring substituents is 1. The fourth-order valence-corrected chi connectivity index (χ4v) is 3.54. The number of anilines is 2. The Balaban J connectivity index is 1.13. The first-order valence-corrected chi connectivity index (χ1v) is 11.0. The van der Waals surface area contributed by atoms with Crippen LogP contribution >= 0.6 is 0 Å². The molecule has 2 amide bonds. The molecule has 3 N–H and O–H groups in total. The number of ether oxygens (including phenoxy) is 2. The van der Waals surface area contributed by atoms with Crippen molar-refractivity contribution in [3.8, 4) is 11.5 Å². The Morgan fingerprint density at radius 3 is 2.29 bits per heavy atom. The molecule has 0 fully saturated rings. The summed E-state index contributed by atoms with van der Waals surface area (Å²) in [6.45, 7) is 0.604. The minimum atomic E-state index is -0.730. The van der Waals surface area contributed by atoms with Gasteiger partial charge >= 0.3 is 11.8 Å². The van der Waals surface area contributed by atoms with Gasteiger partial charge in [-0.25, -0.2) is 0 Å². The number of nitro groups is 1. The molecule has 4 rings (SSSR count). The molecule has 1 heterocycles. The molecule has 0 bridgehead atoms. The summed E-state index contributed by atoms with van der Waals surface area (Å²) in [5.74, 6) is -0.0441. The van der Waals surface area contributed by atoms with Crippen LogP contribution < -0.4 is 25.4 Å². The van der Waals surface area contributed by atoms with Gasteiger partial charge in [0, 0.05) is 29.9 Å². The van der Waals surface area contributed by atoms with E-state index < -0.39 is 16.7 Å². The Morgan fingerprint density at radius 1 is 0.943 bits per heavy atom. The molecule has 0 radical (unpaired) electrons. The van der Waals surface area contributed by atoms with E-state index in [1.165, 1.54) is 12.1 Å². The zero-order valence-corrected chi connectivity index (χ0v) is 18.7. The predicted molar refractivity (Wildman–Crippen MR) is 129 cm³/mol. The van der Waals surface area contributed by atoms with Crippen LogP contribution in [0.3, 0.4) is 0 Å². The number of nitrogens with zero attached hydrogens (tertiary/aromatic N) is 1. The fraction of sp³-hybridized carbons (Fsp3) is 0.200. The largest absolute Gasteiger partial charge is 0.492 e. The molecule has 1 unspecified atom stereocenters. The lowest BCUT2D eigenvalue weighted by Crippen LogP contribution is -2.44. The van der Waals surface area contributed by atoms with Gasteiger partial charge in [0.2, 0.25) is 0 Å². The van der Waals surface area contributed by atoms with Gasteiger partial charge in [0.1, 0.15) is 24.2 Å². The summed E-state index contributed by atoms with van der Waals surface area (Å²) in [5, 5.41) is 19.0. The summed E-state index contributed by atoms with van der Waals surface area (Å²) in [6.07, 6.45) is 0.499. The van der Waals surface area contributed by atoms with Crippen LogP contribution in [0.5, 0.6) is 11.5 Å². The molecule has 1 aliphatic rings. The van der Waals surface area contributed by atoms with Crippen molar-refractivity contribution in [3.05, 3.63) is 88.5 Å². The van der Waals surface area contributed by atoms with Crippen molar-refractivity contribution in [2.75, 3.05) is 25.0 Å². The Hall–Kier alpha value is -4.60. The average Bonchev–Trinajstić information content (AvgIpc) is 3.29. The smallest absolute Gasteiger partial charge is 0.309 e. The molecule has 0 saturated carbocycles. The second kappa shape index (κ2) is 11.0. The van der Waals surface area contributed by atoms with Crippen molar-refractivity contribution in [3.63, 3.8) is 0 Å². The molecule has 35 heavy (non-hydrogen) atoms. The molecule has 1 aliphatic heterocycles. The number of carbonyl (C=O) groups is 2. The zero-order chi connectivity index (χ0) is 24.6. The van der Waals surface area contributed by atoms with E-state index in [1.807, 2.05) is 24.3 Å². The van der Waals surface area contributed by atoms with Gasteiger partial charge in [-0.15, -0.1) is 0 Å². The number of para-hydroxylation sites is 1. The monoisotopic (exact) mass is 476 g/mol. The molecular weight excluding hydrogens is 452 g/mol. The van der Waals surface area contributed by atoms with Gasteiger partial charge < -0.3 is 25.4 Å². The van der Waals surface area contributed by atoms with Gasteiger partial charge in [0.15, 0.2) is 0 Å². The molecule has 3 aromatic rings. The van der Waals surface area contributed by atoms with Gasteiger partial charge in [0.25, 0.3) is 5.69 Å². The highest BCUT2D eigenvalue weighted by Crippen LogP contribution is 2.27. The normalized spacial score (nSPS) is 13.8. The molecule has 0 aromatic heterocycles. The van der Waals surface area contributed by atoms with Crippen molar-refractivity contribution >= 4 is 28.9 Å². The number of benzene rings is 3. The number of carbonyl (C=O) groups excluding carboxylic acids is 2. The van der Waals surface area contributed by atoms with E-state index in [4.69, 9.17) is 9.47 Å². The van der Waals surface area contributed by atoms with Crippen molar-refractivity contribution in [1.29, 1.82) is 0 Å². The maximum Gasteiger partial charge on any atom is 0.309 e. The summed E-state index contributed by atoms with van der Waals surface area (Å²) >= 11 is 0. The second-order valence-corrected chi connectivity index (χ2v) is 7.82. The van der Waals surface area contributed by atoms with Crippen molar-refractivity contribution in [1.82, 2.24) is 10.6 Å². The highest BCUT2D eigenvalue weighted by atomic mass is 16.6. The van der Waals surface area contributed by atoms with Gasteiger partial charge in [-0.2, -0.15) is 0 Å². The standard InChI is InChI=1S/C25H24N4O6/c30-24(25(31)27-16-22-15-17-3-1-2-4-23(17)35-22)26-13-14-34-21-11-7-19(8-12-21)28-18-5-9-20(10-6-18)29(32)33/h1-12,22,28H,13-16H2,(H,26,30)(H,27,31). The van der Waals surface area contributed by atoms with E-state index in [0.29, 0.717) is 17.9 Å². The van der Waals surface area contributed by atoms with E-state index >= 15 is 0 Å². The Morgan fingerprint density at radius 2 is 1.60 bits per heavy atom. The van der Waals surface area contributed by atoms with Crippen LogP contribution in [-0.4, -0.2) is 42.5 Å². The Bertz CT molecular complexity index is 1170. The first-order valence-electron chi connectivity index (χ1n) is 11.0. The third-order valence-electron chi connectivity index (χ3n) is 5.29. The first kappa shape index (κ1) is 23.6. The maximum atomic E-state index is 12.0. The van der Waals surface area contributed by atoms with E-state index in [9.17, 15) is 19.7 Å². The molecule has 10 heteroatoms. The quantitative estimate of drug-likeness (QED) is 0.187. The molecule has 0 spiro atoms. The number of hydrogen-bond donors (Lipinski definition) is 3. The van der Waals surface area contributed by atoms with Crippen LogP contribution in [-0.2, 0) is 16.0 Å². The second-order valence-electron chi connectivity index (χ2n) is 7.82. The van der Waals surface area contributed by atoms with Crippen LogP contribution in [0.2, 0.25) is 0 Å². The third-order valence-corrected chi connectivity index (χ3v) is 5.29. The minimum absolute atomic E-state index is 0.0256. The average molecular weight is 476 g/mol. The Kier molecular flexibility index (Phi) is 7.41. The van der Waals surface area contributed by atoms with Crippen LogP contribution in [0.4, 0.5) is 17.1 Å². The molecule has 180 valence electrons. The predicted octanol–water partition coefficient (Wildman–Crippen LogP) is 2.95. The summed E-state index contributed by atoms with van der Waals surface area (Å²) in [7, 11) is 0. The van der Waals surface area contributed by atoms with E-state index in [0.717, 1.165) is 17.0 Å². The first-order chi connectivity index (χ1) is 17.0. The number of rotatable bonds is 9. The molecule has 0 aliphatic carbocycles. The minimum Gasteiger partial charge on any atom is -0.492 e. The number of amides is 2. The van der Waals surface area contributed by atoms with Crippen molar-refractivity contribution < 1.29 is 24.0 Å². The number of fused-ring (bicyclic) bond motifs is 1. The van der Waals surface area contributed by atoms with E-state index in [-0.39, 0.29) is 31.5 Å². The van der Waals surface area contributed by atoms with Crippen LogP contribution in [0.15, 0.2) is 72.8 Å². The molecular formula is C25H24N4O6. The maximum absolute atomic E-state index is 12.0. The SMILES string of the molecule is O=C(NCCOc1ccc(Nc2ccc([N+](=O)[O-])cc2)cc1)C(=O)NCC1Cc2ccccc2O1. The number of nitro benzene ring substituents is 1. The van der Waals surface area contributed by atoms with E-state index in [1.54, 1.807) is 36.4 Å². The van der Waals surface area contributed by atoms with E-state index in [2.05, 4.69) is 16.0 Å². The number of nitrogens with one attached hydrogen (secondary N) is 3. The third kappa shape index (κ3) is 6.47. The lowest BCUT2D eigenvalue weighted by atomic mass is 10.1. The summed E-state index contributed by atoms with van der Waals surface area (Å²) in [5.41, 5.74) is 2.61. The topological polar surface area (TPSA) is 132 Å². The summed E-state index contributed by atoms with van der Waals surface area (Å²) in [4.78, 5) is 34.3. The Labute approximate surface area is 201 Å². The van der Waals surface area contributed by atoms with Crippen LogP contribution in [0.25, 0.3) is 0 Å². The molecule has 3 aromatic carbocycles. The molecule has 0 saturated heterocycles. The van der Waals surface area contributed by atoms with Gasteiger partial charge in [-0.1, -0.05) is 18.2 Å². The summed E-state index contributed by atoms with van der Waals surface area (Å²) in [6, 6.07) is 20.9. The highest BCUT2D eigenvalue weighted by molar-refractivity contribution is 6.35. The van der Waals surface area contributed by atoms with Crippen molar-refractivity contribution in [2.24, 2.45) is 0 Å². The lowest BCUT2D eigenvalue weighted by Gasteiger charge is -2.12. The van der Waals surface area contributed by atoms with Crippen LogP contribution in [0, 0.1) is 10.1 Å². The molecule has 10 nitrogen and oxygen atoms in total. The fourth-order valence-electron chi connectivity index (χ4n) is 3.54. The molecule has 1 atom stereocenters. The summed E-state index contributed by atoms with van der Waals surface area (Å²) < 4.78 is 11.3. The number of hydrogen-bond acceptors (Lipinski definition) is 7. The van der Waals surface area contributed by atoms with Crippen molar-refractivity contribution in [2.45, 2.75) is 12.5 Å². The van der Waals surface area contributed by atoms with Crippen LogP contribution in [0.1, 0.15) is 5.56 Å². The highest BCUT2D eigenvalue weighted by Gasteiger charge is 2.23. The van der Waals surface area contributed by atoms with Gasteiger partial charge in [-0.3, -0.25) is 19.7 Å². The van der Waals surface area contributed by atoms with Gasteiger partial charge in [-0.05, 0) is 48.0 Å².